The Morgan fingerprint density at radius 3 is 2.68 bits per heavy atom. The standard InChI is InChI=1S/C29H28N6O4S2/c1-16-7-9-17(10-8-16)32-24(37)15-40-29-34-33-28(41-29)35-21-5-4-6-22(36)26(21)25(20(14-30)27(35)31)19-13-18(38-2)11-12-23(19)39-3/h7-13,25H,4-6,15,31H2,1-3H3,(H,32,37). The highest BCUT2D eigenvalue weighted by molar-refractivity contribution is 8.01. The van der Waals surface area contributed by atoms with Gasteiger partial charge in [-0.05, 0) is 50.1 Å². The van der Waals surface area contributed by atoms with Crippen LogP contribution in [0.25, 0.3) is 0 Å². The maximum Gasteiger partial charge on any atom is 0.234 e. The number of Topliss-reactive ketones (excluding diaryl/α,β-unsaturated/α-hetero) is 1. The van der Waals surface area contributed by atoms with Gasteiger partial charge in [-0.3, -0.25) is 14.5 Å². The average molecular weight is 589 g/mol. The van der Waals surface area contributed by atoms with Crippen LogP contribution >= 0.6 is 23.1 Å². The summed E-state index contributed by atoms with van der Waals surface area (Å²) < 4.78 is 11.6. The number of aryl methyl sites for hydroxylation is 1. The highest BCUT2D eigenvalue weighted by atomic mass is 32.2. The SMILES string of the molecule is COc1ccc(OC)c(C2C(C#N)=C(N)N(c3nnc(SCC(=O)Nc4ccc(C)cc4)s3)C3=C2C(=O)CCC3)c1. The average Bonchev–Trinajstić information content (AvgIpc) is 3.45. The number of methoxy groups -OCH3 is 2. The molecule has 2 aliphatic rings. The summed E-state index contributed by atoms with van der Waals surface area (Å²) in [6, 6.07) is 15.1. The van der Waals surface area contributed by atoms with E-state index in [2.05, 4.69) is 21.6 Å². The number of ketones is 1. The third-order valence-corrected chi connectivity index (χ3v) is 8.95. The lowest BCUT2D eigenvalue weighted by atomic mass is 9.75. The number of allylic oxidation sites excluding steroid dienone is 3. The second-order valence-corrected chi connectivity index (χ2v) is 11.7. The van der Waals surface area contributed by atoms with Gasteiger partial charge in [-0.2, -0.15) is 5.26 Å². The number of aromatic nitrogens is 2. The Balaban J connectivity index is 1.46. The predicted molar refractivity (Wildman–Crippen MR) is 158 cm³/mol. The molecule has 0 fully saturated rings. The second-order valence-electron chi connectivity index (χ2n) is 9.48. The molecule has 0 bridgehead atoms. The molecule has 1 aliphatic heterocycles. The first-order chi connectivity index (χ1) is 19.8. The van der Waals surface area contributed by atoms with E-state index in [4.69, 9.17) is 15.2 Å². The fourth-order valence-electron chi connectivity index (χ4n) is 4.99. The van der Waals surface area contributed by atoms with E-state index >= 15 is 0 Å². The van der Waals surface area contributed by atoms with E-state index in [1.165, 1.54) is 23.1 Å². The lowest BCUT2D eigenvalue weighted by Gasteiger charge is -2.38. The van der Waals surface area contributed by atoms with Gasteiger partial charge in [-0.1, -0.05) is 40.8 Å². The molecule has 3 N–H and O–H groups in total. The van der Waals surface area contributed by atoms with E-state index in [1.54, 1.807) is 37.3 Å². The molecule has 2 heterocycles. The number of ether oxygens (including phenoxy) is 2. The minimum atomic E-state index is -0.712. The largest absolute Gasteiger partial charge is 0.497 e. The molecule has 0 radical (unpaired) electrons. The van der Waals surface area contributed by atoms with Gasteiger partial charge in [-0.15, -0.1) is 10.2 Å². The molecule has 0 spiro atoms. The van der Waals surface area contributed by atoms with E-state index < -0.39 is 5.92 Å². The van der Waals surface area contributed by atoms with Crippen molar-refractivity contribution in [3.05, 3.63) is 76.3 Å². The van der Waals surface area contributed by atoms with Crippen molar-refractivity contribution in [2.24, 2.45) is 5.73 Å². The number of thioether (sulfide) groups is 1. The van der Waals surface area contributed by atoms with E-state index in [0.717, 1.165) is 11.3 Å². The molecular weight excluding hydrogens is 560 g/mol. The summed E-state index contributed by atoms with van der Waals surface area (Å²) in [5.74, 6) is 0.477. The number of amides is 1. The highest BCUT2D eigenvalue weighted by Gasteiger charge is 2.42. The topological polar surface area (TPSA) is 143 Å². The van der Waals surface area contributed by atoms with E-state index in [0.29, 0.717) is 57.1 Å². The van der Waals surface area contributed by atoms with Gasteiger partial charge in [0.25, 0.3) is 0 Å². The summed E-state index contributed by atoms with van der Waals surface area (Å²) >= 11 is 2.50. The lowest BCUT2D eigenvalue weighted by Crippen LogP contribution is -2.38. The third-order valence-electron chi connectivity index (χ3n) is 6.91. The monoisotopic (exact) mass is 588 g/mol. The lowest BCUT2D eigenvalue weighted by molar-refractivity contribution is -0.116. The fraction of sp³-hybridized carbons (Fsp3) is 0.276. The normalized spacial score (nSPS) is 16.8. The molecule has 1 atom stereocenters. The van der Waals surface area contributed by atoms with Crippen LogP contribution in [0.3, 0.4) is 0 Å². The van der Waals surface area contributed by atoms with Gasteiger partial charge in [0.05, 0.1) is 37.5 Å². The number of anilines is 2. The fourth-order valence-corrected chi connectivity index (χ4v) is 6.67. The minimum Gasteiger partial charge on any atom is -0.497 e. The number of hydrogen-bond donors (Lipinski definition) is 2. The smallest absolute Gasteiger partial charge is 0.234 e. The molecule has 0 saturated carbocycles. The Kier molecular flexibility index (Phi) is 8.28. The van der Waals surface area contributed by atoms with Crippen LogP contribution in [0.5, 0.6) is 11.5 Å². The van der Waals surface area contributed by atoms with Gasteiger partial charge in [0.15, 0.2) is 10.1 Å². The number of carbonyl (C=O) groups is 2. The molecule has 1 aromatic heterocycles. The molecule has 12 heteroatoms. The van der Waals surface area contributed by atoms with Gasteiger partial charge < -0.3 is 20.5 Å². The van der Waals surface area contributed by atoms with E-state index in [1.807, 2.05) is 31.2 Å². The molecule has 0 saturated heterocycles. The summed E-state index contributed by atoms with van der Waals surface area (Å²) in [5.41, 5.74) is 10.5. The zero-order valence-corrected chi connectivity index (χ0v) is 24.4. The van der Waals surface area contributed by atoms with Crippen molar-refractivity contribution in [2.45, 2.75) is 36.4 Å². The van der Waals surface area contributed by atoms with Crippen LogP contribution in [-0.2, 0) is 9.59 Å². The number of rotatable bonds is 8. The molecule has 2 aromatic carbocycles. The summed E-state index contributed by atoms with van der Waals surface area (Å²) in [6.45, 7) is 1.98. The number of nitrogens with one attached hydrogen (secondary N) is 1. The van der Waals surface area contributed by atoms with Crippen LogP contribution in [0, 0.1) is 18.3 Å². The quantitative estimate of drug-likeness (QED) is 0.349. The molecular formula is C29H28N6O4S2. The number of nitriles is 1. The van der Waals surface area contributed by atoms with E-state index in [9.17, 15) is 14.9 Å². The van der Waals surface area contributed by atoms with Crippen molar-refractivity contribution in [1.29, 1.82) is 5.26 Å². The zero-order valence-electron chi connectivity index (χ0n) is 22.8. The number of benzene rings is 2. The first kappa shape index (κ1) is 28.2. The van der Waals surface area contributed by atoms with Crippen molar-refractivity contribution in [2.75, 3.05) is 30.2 Å². The van der Waals surface area contributed by atoms with Gasteiger partial charge in [0.2, 0.25) is 11.0 Å². The van der Waals surface area contributed by atoms with Crippen LogP contribution in [0.4, 0.5) is 10.8 Å². The Hall–Kier alpha value is -4.34. The molecule has 1 aliphatic carbocycles. The molecule has 10 nitrogen and oxygen atoms in total. The maximum atomic E-state index is 13.5. The zero-order chi connectivity index (χ0) is 29.1. The van der Waals surface area contributed by atoms with Crippen molar-refractivity contribution in [1.82, 2.24) is 10.2 Å². The molecule has 5 rings (SSSR count). The number of nitrogens with zero attached hydrogens (tertiary/aromatic N) is 4. The first-order valence-corrected chi connectivity index (χ1v) is 14.7. The van der Waals surface area contributed by atoms with Gasteiger partial charge in [0, 0.05) is 28.9 Å². The van der Waals surface area contributed by atoms with Gasteiger partial charge >= 0.3 is 0 Å². The molecule has 1 amide bonds. The molecule has 1 unspecified atom stereocenters. The van der Waals surface area contributed by atoms with Crippen LogP contribution in [0.1, 0.15) is 36.3 Å². The van der Waals surface area contributed by atoms with Crippen LogP contribution < -0.4 is 25.4 Å². The van der Waals surface area contributed by atoms with Crippen LogP contribution in [-0.4, -0.2) is 41.9 Å². The maximum absolute atomic E-state index is 13.5. The van der Waals surface area contributed by atoms with Crippen molar-refractivity contribution in [3.63, 3.8) is 0 Å². The predicted octanol–water partition coefficient (Wildman–Crippen LogP) is 4.90. The van der Waals surface area contributed by atoms with Gasteiger partial charge in [0.1, 0.15) is 17.3 Å². The summed E-state index contributed by atoms with van der Waals surface area (Å²) in [7, 11) is 3.09. The van der Waals surface area contributed by atoms with Crippen LogP contribution in [0.2, 0.25) is 0 Å². The Morgan fingerprint density at radius 1 is 1.20 bits per heavy atom. The Bertz CT molecular complexity index is 1610. The first-order valence-electron chi connectivity index (χ1n) is 12.9. The third kappa shape index (κ3) is 5.64. The summed E-state index contributed by atoms with van der Waals surface area (Å²) in [6.07, 6.45) is 1.58. The molecule has 3 aromatic rings. The number of nitrogens with two attached hydrogens (primary N) is 1. The highest BCUT2D eigenvalue weighted by Crippen LogP contribution is 2.49. The van der Waals surface area contributed by atoms with E-state index in [-0.39, 0.29) is 28.8 Å². The summed E-state index contributed by atoms with van der Waals surface area (Å²) in [4.78, 5) is 27.6. The second kappa shape index (κ2) is 12.0. The number of hydrogen-bond acceptors (Lipinski definition) is 11. The molecule has 210 valence electrons. The van der Waals surface area contributed by atoms with Gasteiger partial charge in [-0.25, -0.2) is 0 Å². The van der Waals surface area contributed by atoms with Crippen molar-refractivity contribution >= 4 is 45.6 Å². The molecule has 41 heavy (non-hydrogen) atoms. The number of carbonyl (C=O) groups excluding carboxylic acids is 2. The Labute approximate surface area is 245 Å². The minimum absolute atomic E-state index is 0.0572. The summed E-state index contributed by atoms with van der Waals surface area (Å²) in [5, 5.41) is 22.2. The Morgan fingerprint density at radius 2 is 1.98 bits per heavy atom. The van der Waals surface area contributed by atoms with Crippen molar-refractivity contribution < 1.29 is 19.1 Å². The van der Waals surface area contributed by atoms with Crippen molar-refractivity contribution in [3.8, 4) is 17.6 Å². The van der Waals surface area contributed by atoms with Crippen LogP contribution in [0.15, 0.2) is 69.5 Å².